The Bertz CT molecular complexity index is 815. The second kappa shape index (κ2) is 14.4. The minimum Gasteiger partial charge on any atom is -0.308 e. The summed E-state index contributed by atoms with van der Waals surface area (Å²) < 4.78 is 0. The molecule has 1 N–H and O–H groups in total. The second-order valence-electron chi connectivity index (χ2n) is 7.67. The molecule has 2 aromatic heterocycles. The highest BCUT2D eigenvalue weighted by Crippen LogP contribution is 2.26. The van der Waals surface area contributed by atoms with Crippen LogP contribution in [0, 0.1) is 18.3 Å². The fraction of sp³-hybridized carbons (Fsp3) is 0.444. The van der Waals surface area contributed by atoms with Crippen LogP contribution in [0.3, 0.4) is 0 Å². The van der Waals surface area contributed by atoms with Crippen LogP contribution in [-0.2, 0) is 0 Å². The van der Waals surface area contributed by atoms with Crippen LogP contribution in [0.4, 0.5) is 0 Å². The number of pyridine rings is 2. The molecule has 3 heteroatoms. The molecule has 0 saturated heterocycles. The van der Waals surface area contributed by atoms with Crippen LogP contribution in [0.15, 0.2) is 48.8 Å². The fourth-order valence-corrected chi connectivity index (χ4v) is 2.89. The normalized spacial score (nSPS) is 11.8. The summed E-state index contributed by atoms with van der Waals surface area (Å²) in [7, 11) is 0. The van der Waals surface area contributed by atoms with E-state index < -0.39 is 0 Å². The monoisotopic (exact) mass is 405 g/mol. The molecule has 0 spiro atoms. The van der Waals surface area contributed by atoms with Gasteiger partial charge in [0, 0.05) is 29.8 Å². The number of aromatic nitrogens is 2. The summed E-state index contributed by atoms with van der Waals surface area (Å²) in [6.45, 7) is 13.0. The molecule has 0 amide bonds. The molecule has 0 aromatic carbocycles. The van der Waals surface area contributed by atoms with Crippen molar-refractivity contribution in [2.24, 2.45) is 5.92 Å². The number of allylic oxidation sites excluding steroid dienone is 3. The molecular weight excluding hydrogens is 366 g/mol. The molecule has 3 nitrogen and oxygen atoms in total. The molecule has 0 aliphatic rings. The molecule has 162 valence electrons. The first-order valence-electron chi connectivity index (χ1n) is 11.3. The first-order chi connectivity index (χ1) is 14.5. The summed E-state index contributed by atoms with van der Waals surface area (Å²) >= 11 is 0. The highest BCUT2D eigenvalue weighted by Gasteiger charge is 2.11. The van der Waals surface area contributed by atoms with Gasteiger partial charge in [0.15, 0.2) is 0 Å². The Morgan fingerprint density at radius 1 is 1.07 bits per heavy atom. The van der Waals surface area contributed by atoms with E-state index in [4.69, 9.17) is 10.4 Å². The number of nitrogens with zero attached hydrogens (tertiary/aromatic N) is 2. The summed E-state index contributed by atoms with van der Waals surface area (Å²) in [6, 6.07) is 8.12. The van der Waals surface area contributed by atoms with E-state index in [2.05, 4.69) is 51.7 Å². The highest BCUT2D eigenvalue weighted by atomic mass is 14.7. The van der Waals surface area contributed by atoms with E-state index >= 15 is 0 Å². The Morgan fingerprint density at radius 3 is 2.23 bits per heavy atom. The summed E-state index contributed by atoms with van der Waals surface area (Å²) in [4.78, 5) is 8.99. The number of rotatable bonds is 9. The third-order valence-corrected chi connectivity index (χ3v) is 5.41. The van der Waals surface area contributed by atoms with Crippen molar-refractivity contribution in [1.82, 2.24) is 9.97 Å². The van der Waals surface area contributed by atoms with Gasteiger partial charge in [-0.1, -0.05) is 71.6 Å². The minimum atomic E-state index is 0.832. The number of aryl methyl sites for hydroxylation is 1. The molecule has 0 atom stereocenters. The largest absolute Gasteiger partial charge is 0.308 e. The highest BCUT2D eigenvalue weighted by molar-refractivity contribution is 6.07. The molecule has 0 radical (unpaired) electrons. The van der Waals surface area contributed by atoms with Gasteiger partial charge in [0.25, 0.3) is 0 Å². The van der Waals surface area contributed by atoms with E-state index in [0.29, 0.717) is 0 Å². The van der Waals surface area contributed by atoms with Crippen molar-refractivity contribution < 1.29 is 0 Å². The van der Waals surface area contributed by atoms with Gasteiger partial charge in [-0.3, -0.25) is 4.98 Å². The van der Waals surface area contributed by atoms with Crippen molar-refractivity contribution in [1.29, 1.82) is 5.41 Å². The van der Waals surface area contributed by atoms with Crippen molar-refractivity contribution in [3.8, 4) is 0 Å². The average molecular weight is 406 g/mol. The molecule has 30 heavy (non-hydrogen) atoms. The summed E-state index contributed by atoms with van der Waals surface area (Å²) in [6.07, 6.45) is 15.2. The summed E-state index contributed by atoms with van der Waals surface area (Å²) in [5, 5.41) is 7.57. The first kappa shape index (κ1) is 25.5. The number of nitrogens with one attached hydrogen (secondary N) is 1. The third kappa shape index (κ3) is 8.06. The van der Waals surface area contributed by atoms with E-state index in [1.807, 2.05) is 43.6 Å². The third-order valence-electron chi connectivity index (χ3n) is 5.41. The molecule has 2 aromatic rings. The van der Waals surface area contributed by atoms with Gasteiger partial charge >= 0.3 is 0 Å². The zero-order valence-corrected chi connectivity index (χ0v) is 19.7. The van der Waals surface area contributed by atoms with Crippen molar-refractivity contribution in [2.75, 3.05) is 0 Å². The zero-order valence-electron chi connectivity index (χ0n) is 19.7. The predicted molar refractivity (Wildman–Crippen MR) is 132 cm³/mol. The Labute approximate surface area is 183 Å². The number of hydrogen-bond acceptors (Lipinski definition) is 3. The van der Waals surface area contributed by atoms with Crippen LogP contribution >= 0.6 is 0 Å². The molecule has 0 unspecified atom stereocenters. The van der Waals surface area contributed by atoms with E-state index in [0.717, 1.165) is 52.4 Å². The smallest absolute Gasteiger partial charge is 0.0741 e. The Balaban J connectivity index is 0.000000656. The lowest BCUT2D eigenvalue weighted by atomic mass is 9.97. The number of hydrogen-bond donors (Lipinski definition) is 1. The Morgan fingerprint density at radius 2 is 1.73 bits per heavy atom. The molecule has 0 aliphatic carbocycles. The molecule has 0 aliphatic heterocycles. The maximum atomic E-state index is 7.57. The maximum Gasteiger partial charge on any atom is 0.0741 e. The average Bonchev–Trinajstić information content (AvgIpc) is 2.79. The van der Waals surface area contributed by atoms with E-state index in [9.17, 15) is 0 Å². The van der Waals surface area contributed by atoms with Crippen molar-refractivity contribution in [3.05, 3.63) is 71.3 Å². The van der Waals surface area contributed by atoms with E-state index in [1.165, 1.54) is 25.5 Å². The van der Waals surface area contributed by atoms with E-state index in [1.54, 1.807) is 0 Å². The molecular formula is C27H39N3. The Hall–Kier alpha value is -2.55. The predicted octanol–water partition coefficient (Wildman–Crippen LogP) is 7.90. The summed E-state index contributed by atoms with van der Waals surface area (Å²) in [5.74, 6) is 0.935. The van der Waals surface area contributed by atoms with Crippen LogP contribution in [0.5, 0.6) is 0 Å². The lowest BCUT2D eigenvalue weighted by Gasteiger charge is -2.13. The molecule has 0 bridgehead atoms. The lowest BCUT2D eigenvalue weighted by Crippen LogP contribution is -2.00. The number of unbranched alkanes of at least 4 members (excludes halogenated alkanes) is 2. The fourth-order valence-electron chi connectivity index (χ4n) is 2.89. The summed E-state index contributed by atoms with van der Waals surface area (Å²) in [5.41, 5.74) is 6.06. The maximum absolute atomic E-state index is 7.57. The molecule has 0 saturated carbocycles. The van der Waals surface area contributed by atoms with Gasteiger partial charge in [-0.2, -0.15) is 0 Å². The Kier molecular flexibility index (Phi) is 12.3. The van der Waals surface area contributed by atoms with Crippen molar-refractivity contribution in [3.63, 3.8) is 0 Å². The van der Waals surface area contributed by atoms with Gasteiger partial charge < -0.3 is 5.41 Å². The molecule has 0 fully saturated rings. The van der Waals surface area contributed by atoms with Crippen molar-refractivity contribution in [2.45, 2.75) is 73.6 Å². The van der Waals surface area contributed by atoms with Crippen LogP contribution in [0.1, 0.15) is 89.2 Å². The van der Waals surface area contributed by atoms with Crippen LogP contribution in [-0.4, -0.2) is 16.2 Å². The van der Waals surface area contributed by atoms with Gasteiger partial charge in [-0.05, 0) is 55.5 Å². The van der Waals surface area contributed by atoms with Crippen molar-refractivity contribution >= 4 is 17.4 Å². The topological polar surface area (TPSA) is 49.6 Å². The van der Waals surface area contributed by atoms with Gasteiger partial charge in [0.05, 0.1) is 11.4 Å². The standard InChI is InChI=1S/C21H25N3.C6H14/c1-4-6-7-8-19(18-11-13-23-14-12-18)21-16(3)9-10-20(24-21)17(5-2)15-22;1-4-6(3)5-2/h5,8-15,22H,4,6-7H2,1-3H3;6H,4-5H2,1-3H3/b17-5+,19-8-,22-15?;. The van der Waals surface area contributed by atoms with Crippen LogP contribution < -0.4 is 0 Å². The van der Waals surface area contributed by atoms with Gasteiger partial charge in [-0.25, -0.2) is 4.98 Å². The van der Waals surface area contributed by atoms with Gasteiger partial charge in [-0.15, -0.1) is 0 Å². The molecule has 2 heterocycles. The quantitative estimate of drug-likeness (QED) is 0.340. The minimum absolute atomic E-state index is 0.832. The first-order valence-corrected chi connectivity index (χ1v) is 11.3. The zero-order chi connectivity index (χ0) is 22.4. The second-order valence-corrected chi connectivity index (χ2v) is 7.67. The van der Waals surface area contributed by atoms with Gasteiger partial charge in [0.1, 0.15) is 0 Å². The van der Waals surface area contributed by atoms with Gasteiger partial charge in [0.2, 0.25) is 0 Å². The lowest BCUT2D eigenvalue weighted by molar-refractivity contribution is 0.544. The molecule has 2 rings (SSSR count). The van der Waals surface area contributed by atoms with Crippen LogP contribution in [0.25, 0.3) is 11.1 Å². The van der Waals surface area contributed by atoms with E-state index in [-0.39, 0.29) is 0 Å². The van der Waals surface area contributed by atoms with Crippen LogP contribution in [0.2, 0.25) is 0 Å². The SMILES string of the molecule is C/C=C(\C=N)c1ccc(C)c(/C(=C\CCCC)c2ccncc2)n1.CCC(C)CC.